The van der Waals surface area contributed by atoms with Gasteiger partial charge in [0.25, 0.3) is 0 Å². The highest BCUT2D eigenvalue weighted by molar-refractivity contribution is 7.25. The second kappa shape index (κ2) is 5.28. The summed E-state index contributed by atoms with van der Waals surface area (Å²) in [6.45, 7) is 2.50. The maximum absolute atomic E-state index is 14.8. The molecule has 1 aromatic heterocycles. The van der Waals surface area contributed by atoms with Crippen molar-refractivity contribution in [3.05, 3.63) is 47.0 Å². The van der Waals surface area contributed by atoms with Crippen molar-refractivity contribution in [3.8, 4) is 0 Å². The van der Waals surface area contributed by atoms with Crippen LogP contribution in [0.2, 0.25) is 0 Å². The Morgan fingerprint density at radius 2 is 1.82 bits per heavy atom. The third-order valence-corrected chi connectivity index (χ3v) is 5.64. The lowest BCUT2D eigenvalue weighted by atomic mass is 10.0. The maximum atomic E-state index is 14.8. The number of thiophene rings is 1. The molecule has 4 rings (SSSR count). The van der Waals surface area contributed by atoms with Crippen molar-refractivity contribution in [2.24, 2.45) is 0 Å². The minimum absolute atomic E-state index is 0.111. The SMILES string of the molecule is Cc1ccc2c(sc3c(F)c(CC4CCCO4)ccc32)c1F. The monoisotopic (exact) mass is 318 g/mol. The lowest BCUT2D eigenvalue weighted by molar-refractivity contribution is 0.111. The predicted octanol–water partition coefficient (Wildman–Crippen LogP) is 5.36. The van der Waals surface area contributed by atoms with E-state index in [1.807, 2.05) is 18.2 Å². The fourth-order valence-corrected chi connectivity index (χ4v) is 4.44. The molecule has 0 radical (unpaired) electrons. The van der Waals surface area contributed by atoms with Gasteiger partial charge in [0.1, 0.15) is 11.6 Å². The number of hydrogen-bond acceptors (Lipinski definition) is 2. The Morgan fingerprint density at radius 3 is 2.55 bits per heavy atom. The van der Waals surface area contributed by atoms with Gasteiger partial charge in [-0.25, -0.2) is 8.78 Å². The molecular formula is C18H16F2OS. The molecule has 0 amide bonds. The molecule has 0 spiro atoms. The van der Waals surface area contributed by atoms with Crippen molar-refractivity contribution in [1.29, 1.82) is 0 Å². The summed E-state index contributed by atoms with van der Waals surface area (Å²) in [6, 6.07) is 7.37. The highest BCUT2D eigenvalue weighted by atomic mass is 32.1. The molecule has 0 saturated carbocycles. The molecule has 2 heterocycles. The van der Waals surface area contributed by atoms with Crippen LogP contribution in [0, 0.1) is 18.6 Å². The van der Waals surface area contributed by atoms with Crippen LogP contribution in [0.3, 0.4) is 0 Å². The van der Waals surface area contributed by atoms with Crippen LogP contribution >= 0.6 is 11.3 Å². The summed E-state index contributed by atoms with van der Waals surface area (Å²) in [5, 5.41) is 1.60. The molecule has 114 valence electrons. The summed E-state index contributed by atoms with van der Waals surface area (Å²) in [7, 11) is 0. The van der Waals surface area contributed by atoms with Crippen molar-refractivity contribution < 1.29 is 13.5 Å². The Bertz CT molecular complexity index is 863. The number of hydrogen-bond donors (Lipinski definition) is 0. The van der Waals surface area contributed by atoms with Crippen LogP contribution in [0.5, 0.6) is 0 Å². The predicted molar refractivity (Wildman–Crippen MR) is 86.7 cm³/mol. The Morgan fingerprint density at radius 1 is 1.09 bits per heavy atom. The van der Waals surface area contributed by atoms with Gasteiger partial charge >= 0.3 is 0 Å². The van der Waals surface area contributed by atoms with Gasteiger partial charge in [-0.1, -0.05) is 24.3 Å². The largest absolute Gasteiger partial charge is 0.378 e. The molecule has 3 aromatic rings. The van der Waals surface area contributed by atoms with Crippen molar-refractivity contribution in [2.75, 3.05) is 6.61 Å². The number of ether oxygens (including phenoxy) is 1. The minimum atomic E-state index is -0.237. The van der Waals surface area contributed by atoms with E-state index < -0.39 is 0 Å². The number of fused-ring (bicyclic) bond motifs is 3. The van der Waals surface area contributed by atoms with Crippen LogP contribution in [0.1, 0.15) is 24.0 Å². The first-order valence-corrected chi connectivity index (χ1v) is 8.37. The average molecular weight is 318 g/mol. The quantitative estimate of drug-likeness (QED) is 0.618. The summed E-state index contributed by atoms with van der Waals surface area (Å²) in [4.78, 5) is 0. The van der Waals surface area contributed by atoms with Crippen LogP contribution in [-0.2, 0) is 11.2 Å². The maximum Gasteiger partial charge on any atom is 0.144 e. The zero-order valence-electron chi connectivity index (χ0n) is 12.3. The fraction of sp³-hybridized carbons (Fsp3) is 0.333. The van der Waals surface area contributed by atoms with E-state index in [-0.39, 0.29) is 17.7 Å². The van der Waals surface area contributed by atoms with Gasteiger partial charge in [0, 0.05) is 23.8 Å². The van der Waals surface area contributed by atoms with Crippen LogP contribution < -0.4 is 0 Å². The summed E-state index contributed by atoms with van der Waals surface area (Å²) < 4.78 is 35.8. The molecule has 4 heteroatoms. The zero-order chi connectivity index (χ0) is 15.3. The Balaban J connectivity index is 1.87. The lowest BCUT2D eigenvalue weighted by Crippen LogP contribution is -2.10. The number of aryl methyl sites for hydroxylation is 1. The third kappa shape index (κ3) is 2.13. The van der Waals surface area contributed by atoms with Crippen LogP contribution in [0.4, 0.5) is 8.78 Å². The molecule has 0 bridgehead atoms. The van der Waals surface area contributed by atoms with E-state index in [0.29, 0.717) is 26.9 Å². The Hall–Kier alpha value is -1.52. The van der Waals surface area contributed by atoms with E-state index in [4.69, 9.17) is 4.74 Å². The molecule has 0 N–H and O–H groups in total. The highest BCUT2D eigenvalue weighted by Gasteiger charge is 2.20. The third-order valence-electron chi connectivity index (χ3n) is 4.43. The van der Waals surface area contributed by atoms with E-state index in [1.54, 1.807) is 13.0 Å². The van der Waals surface area contributed by atoms with Gasteiger partial charge in [0.2, 0.25) is 0 Å². The molecule has 1 aliphatic heterocycles. The molecular weight excluding hydrogens is 302 g/mol. The standard InChI is InChI=1S/C18H16F2OS/c1-10-4-6-13-14-7-5-11(9-12-3-2-8-21-12)16(20)18(14)22-17(13)15(10)19/h4-7,12H,2-3,8-9H2,1H3. The van der Waals surface area contributed by atoms with Gasteiger partial charge in [0.15, 0.2) is 0 Å². The Labute approximate surface area is 131 Å². The summed E-state index contributed by atoms with van der Waals surface area (Å²) in [6.07, 6.45) is 2.73. The van der Waals surface area contributed by atoms with E-state index >= 15 is 0 Å². The van der Waals surface area contributed by atoms with E-state index in [2.05, 4.69) is 0 Å². The summed E-state index contributed by atoms with van der Waals surface area (Å²) in [5.74, 6) is -0.454. The van der Waals surface area contributed by atoms with E-state index in [1.165, 1.54) is 11.3 Å². The lowest BCUT2D eigenvalue weighted by Gasteiger charge is -2.10. The van der Waals surface area contributed by atoms with E-state index in [0.717, 1.165) is 30.2 Å². The molecule has 1 unspecified atom stereocenters. The van der Waals surface area contributed by atoms with Gasteiger partial charge in [0.05, 0.1) is 15.5 Å². The minimum Gasteiger partial charge on any atom is -0.378 e. The molecule has 1 nitrogen and oxygen atoms in total. The molecule has 2 aromatic carbocycles. The normalized spacial score (nSPS) is 18.6. The molecule has 0 aliphatic carbocycles. The summed E-state index contributed by atoms with van der Waals surface area (Å²) in [5.41, 5.74) is 1.27. The molecule has 1 saturated heterocycles. The van der Waals surface area contributed by atoms with Crippen molar-refractivity contribution >= 4 is 31.5 Å². The first-order valence-electron chi connectivity index (χ1n) is 7.55. The van der Waals surface area contributed by atoms with Gasteiger partial charge in [-0.3, -0.25) is 0 Å². The van der Waals surface area contributed by atoms with Gasteiger partial charge in [-0.2, -0.15) is 0 Å². The topological polar surface area (TPSA) is 9.23 Å². The van der Waals surface area contributed by atoms with Gasteiger partial charge in [-0.15, -0.1) is 11.3 Å². The molecule has 22 heavy (non-hydrogen) atoms. The number of halogens is 2. The zero-order valence-corrected chi connectivity index (χ0v) is 13.1. The van der Waals surface area contributed by atoms with Crippen LogP contribution in [0.25, 0.3) is 20.2 Å². The van der Waals surface area contributed by atoms with Crippen molar-refractivity contribution in [3.63, 3.8) is 0 Å². The second-order valence-electron chi connectivity index (χ2n) is 5.93. The average Bonchev–Trinajstić information content (AvgIpc) is 3.14. The number of rotatable bonds is 2. The molecule has 1 atom stereocenters. The Kier molecular flexibility index (Phi) is 3.39. The summed E-state index contributed by atoms with van der Waals surface area (Å²) >= 11 is 1.21. The van der Waals surface area contributed by atoms with Crippen LogP contribution in [-0.4, -0.2) is 12.7 Å². The van der Waals surface area contributed by atoms with Crippen LogP contribution in [0.15, 0.2) is 24.3 Å². The van der Waals surface area contributed by atoms with E-state index in [9.17, 15) is 8.78 Å². The fourth-order valence-electron chi connectivity index (χ4n) is 3.19. The van der Waals surface area contributed by atoms with Crippen molar-refractivity contribution in [2.45, 2.75) is 32.3 Å². The first kappa shape index (κ1) is 14.1. The highest BCUT2D eigenvalue weighted by Crippen LogP contribution is 2.39. The second-order valence-corrected chi connectivity index (χ2v) is 6.95. The number of benzene rings is 2. The molecule has 1 fully saturated rings. The van der Waals surface area contributed by atoms with Gasteiger partial charge in [-0.05, 0) is 30.9 Å². The first-order chi connectivity index (χ1) is 10.6. The molecule has 1 aliphatic rings. The smallest absolute Gasteiger partial charge is 0.144 e. The van der Waals surface area contributed by atoms with Gasteiger partial charge < -0.3 is 4.74 Å². The van der Waals surface area contributed by atoms with Crippen molar-refractivity contribution in [1.82, 2.24) is 0 Å².